The fourth-order valence-electron chi connectivity index (χ4n) is 1.04. The van der Waals surface area contributed by atoms with Gasteiger partial charge in [0.2, 0.25) is 0 Å². The van der Waals surface area contributed by atoms with Crippen molar-refractivity contribution in [2.45, 2.75) is 23.9 Å². The van der Waals surface area contributed by atoms with Crippen LogP contribution in [0.15, 0.2) is 58.8 Å². The SMILES string of the molecule is CC(=O)[O-].CC(=O)[O-].[O-][n+]1ccccc1SSc1cccc[n+]1[O-].[Sr+2]. The number of carboxylic acid groups (broad SMARTS) is 2. The van der Waals surface area contributed by atoms with E-state index in [1.165, 1.54) is 34.0 Å². The maximum Gasteiger partial charge on any atom is 2.00 e. The van der Waals surface area contributed by atoms with Crippen LogP contribution in [0.4, 0.5) is 0 Å². The van der Waals surface area contributed by atoms with Gasteiger partial charge in [0.1, 0.15) is 0 Å². The van der Waals surface area contributed by atoms with Crippen molar-refractivity contribution >= 4 is 79.0 Å². The molecule has 2 aromatic rings. The zero-order valence-corrected chi connectivity index (χ0v) is 18.6. The van der Waals surface area contributed by atoms with Crippen molar-refractivity contribution in [3.63, 3.8) is 0 Å². The molecule has 25 heavy (non-hydrogen) atoms. The number of rotatable bonds is 3. The molecular formula is C14H14N2O6S2Sr. The Hall–Kier alpha value is -0.979. The van der Waals surface area contributed by atoms with E-state index in [1.807, 2.05) is 0 Å². The molecule has 0 N–H and O–H groups in total. The molecule has 0 bridgehead atoms. The Kier molecular flexibility index (Phi) is 16.1. The molecule has 0 fully saturated rings. The monoisotopic (exact) mass is 458 g/mol. The van der Waals surface area contributed by atoms with Gasteiger partial charge in [-0.1, -0.05) is 0 Å². The van der Waals surface area contributed by atoms with Gasteiger partial charge in [-0.2, -0.15) is 9.46 Å². The molecule has 2 heterocycles. The van der Waals surface area contributed by atoms with Gasteiger partial charge in [-0.3, -0.25) is 0 Å². The van der Waals surface area contributed by atoms with Gasteiger partial charge >= 0.3 is 45.5 Å². The Balaban J connectivity index is 0. The van der Waals surface area contributed by atoms with Crippen LogP contribution in [0.1, 0.15) is 13.8 Å². The van der Waals surface area contributed by atoms with Gasteiger partial charge in [-0.15, -0.1) is 0 Å². The second-order valence-electron chi connectivity index (χ2n) is 3.88. The molecule has 11 heteroatoms. The van der Waals surface area contributed by atoms with Crippen LogP contribution in [0.2, 0.25) is 0 Å². The van der Waals surface area contributed by atoms with Gasteiger partial charge in [-0.25, -0.2) is 0 Å². The summed E-state index contributed by atoms with van der Waals surface area (Å²) >= 11 is 0. The van der Waals surface area contributed by atoms with E-state index >= 15 is 0 Å². The maximum atomic E-state index is 11.3. The fourth-order valence-corrected chi connectivity index (χ4v) is 3.03. The van der Waals surface area contributed by atoms with Crippen molar-refractivity contribution in [3.8, 4) is 0 Å². The number of carbonyl (C=O) groups is 2. The molecule has 8 nitrogen and oxygen atoms in total. The molecule has 0 amide bonds. The summed E-state index contributed by atoms with van der Waals surface area (Å²) in [5.74, 6) is -2.17. The summed E-state index contributed by atoms with van der Waals surface area (Å²) in [5.41, 5.74) is 0. The first-order valence-electron chi connectivity index (χ1n) is 6.30. The van der Waals surface area contributed by atoms with Crippen molar-refractivity contribution in [1.29, 1.82) is 0 Å². The van der Waals surface area contributed by atoms with Gasteiger partial charge in [0.15, 0.2) is 12.4 Å². The molecule has 2 rings (SSSR count). The predicted octanol–water partition coefficient (Wildman–Crippen LogP) is -1.12. The van der Waals surface area contributed by atoms with Gasteiger partial charge < -0.3 is 30.2 Å². The van der Waals surface area contributed by atoms with Gasteiger partial charge in [0.05, 0.1) is 0 Å². The number of aromatic nitrogens is 2. The van der Waals surface area contributed by atoms with E-state index < -0.39 is 11.9 Å². The average molecular weight is 458 g/mol. The number of pyridine rings is 2. The van der Waals surface area contributed by atoms with Crippen molar-refractivity contribution in [3.05, 3.63) is 59.2 Å². The van der Waals surface area contributed by atoms with Crippen molar-refractivity contribution in [2.24, 2.45) is 0 Å². The standard InChI is InChI=1S/C10H8N2O2S2.2C2H4O2.Sr/c13-11-7-3-1-5-9(11)15-16-10-6-2-4-8-12(10)14;2*1-2(3)4;/h1-8H;2*1H3,(H,3,4);/q;;;+2/p-2. The number of hydrogen-bond acceptors (Lipinski definition) is 8. The summed E-state index contributed by atoms with van der Waals surface area (Å²) < 4.78 is 1.55. The van der Waals surface area contributed by atoms with E-state index in [9.17, 15) is 10.4 Å². The van der Waals surface area contributed by atoms with Crippen LogP contribution in [-0.2, 0) is 9.59 Å². The summed E-state index contributed by atoms with van der Waals surface area (Å²) in [5, 5.41) is 41.5. The fraction of sp³-hybridized carbons (Fsp3) is 0.143. The Labute approximate surface area is 189 Å². The van der Waals surface area contributed by atoms with Crippen molar-refractivity contribution in [1.82, 2.24) is 0 Å². The van der Waals surface area contributed by atoms with E-state index in [1.54, 1.807) is 36.4 Å². The normalized spacial score (nSPS) is 8.56. The molecule has 0 saturated carbocycles. The van der Waals surface area contributed by atoms with E-state index in [4.69, 9.17) is 19.8 Å². The molecule has 0 saturated heterocycles. The molecule has 130 valence electrons. The Morgan fingerprint density at radius 1 is 0.800 bits per heavy atom. The van der Waals surface area contributed by atoms with Crippen LogP contribution >= 0.6 is 21.6 Å². The molecule has 2 aromatic heterocycles. The van der Waals surface area contributed by atoms with Crippen LogP contribution in [-0.4, -0.2) is 57.4 Å². The van der Waals surface area contributed by atoms with E-state index in [-0.39, 0.29) is 45.5 Å². The maximum absolute atomic E-state index is 11.3. The first-order chi connectivity index (χ1) is 11.2. The van der Waals surface area contributed by atoms with Crippen LogP contribution in [0.25, 0.3) is 0 Å². The molecule has 0 aliphatic rings. The van der Waals surface area contributed by atoms with Crippen LogP contribution in [0.3, 0.4) is 0 Å². The number of nitrogens with zero attached hydrogens (tertiary/aromatic N) is 2. The zero-order valence-electron chi connectivity index (χ0n) is 13.5. The van der Waals surface area contributed by atoms with Gasteiger partial charge in [-0.05, 0) is 26.0 Å². The summed E-state index contributed by atoms with van der Waals surface area (Å²) in [6, 6.07) is 10.3. The quantitative estimate of drug-likeness (QED) is 0.245. The molecule has 0 aliphatic carbocycles. The summed E-state index contributed by atoms with van der Waals surface area (Å²) in [4.78, 5) is 17.8. The second kappa shape index (κ2) is 15.3. The number of hydrogen-bond donors (Lipinski definition) is 0. The molecule has 0 spiro atoms. The second-order valence-corrected chi connectivity index (χ2v) is 6.05. The third-order valence-electron chi connectivity index (χ3n) is 1.79. The summed E-state index contributed by atoms with van der Waals surface area (Å²) in [6.45, 7) is 1.94. The van der Waals surface area contributed by atoms with Crippen molar-refractivity contribution < 1.29 is 29.3 Å². The van der Waals surface area contributed by atoms with Crippen LogP contribution in [0.5, 0.6) is 0 Å². The molecular weight excluding hydrogens is 444 g/mol. The molecule has 0 aliphatic heterocycles. The van der Waals surface area contributed by atoms with Crippen LogP contribution in [0, 0.1) is 10.4 Å². The van der Waals surface area contributed by atoms with E-state index in [2.05, 4.69) is 0 Å². The number of carboxylic acids is 2. The third kappa shape index (κ3) is 15.0. The smallest absolute Gasteiger partial charge is 0.618 e. The first-order valence-corrected chi connectivity index (χ1v) is 8.45. The Morgan fingerprint density at radius 3 is 1.32 bits per heavy atom. The zero-order chi connectivity index (χ0) is 18.5. The topological polar surface area (TPSA) is 134 Å². The van der Waals surface area contributed by atoms with Crippen LogP contribution < -0.4 is 19.7 Å². The summed E-state index contributed by atoms with van der Waals surface area (Å²) in [7, 11) is 2.52. The largest absolute Gasteiger partial charge is 2.00 e. The van der Waals surface area contributed by atoms with E-state index in [0.717, 1.165) is 23.3 Å². The Morgan fingerprint density at radius 2 is 1.08 bits per heavy atom. The number of carbonyl (C=O) groups excluding carboxylic acids is 2. The molecule has 0 unspecified atom stereocenters. The Bertz CT molecular complexity index is 610. The van der Waals surface area contributed by atoms with Gasteiger partial charge in [0.25, 0.3) is 10.1 Å². The minimum absolute atomic E-state index is 0. The minimum Gasteiger partial charge on any atom is -0.618 e. The van der Waals surface area contributed by atoms with Crippen molar-refractivity contribution in [2.75, 3.05) is 0 Å². The molecule has 0 radical (unpaired) electrons. The minimum atomic E-state index is -1.08. The average Bonchev–Trinajstić information content (AvgIpc) is 2.47. The third-order valence-corrected chi connectivity index (χ3v) is 4.12. The van der Waals surface area contributed by atoms with E-state index in [0.29, 0.717) is 10.1 Å². The predicted molar refractivity (Wildman–Crippen MR) is 89.6 cm³/mol. The molecule has 0 atom stereocenters. The molecule has 0 aromatic carbocycles. The summed E-state index contributed by atoms with van der Waals surface area (Å²) in [6.07, 6.45) is 2.86. The van der Waals surface area contributed by atoms with Gasteiger partial charge in [0, 0.05) is 57.8 Å². The first kappa shape index (κ1) is 26.3. The number of aliphatic carboxylic acids is 2.